The highest BCUT2D eigenvalue weighted by molar-refractivity contribution is 6.01. The molecular weight excluding hydrogens is 531 g/mol. The molecular formula is C32H34F3N3O3. The Bertz CT molecular complexity index is 1520. The molecule has 2 aromatic carbocycles. The fraction of sp³-hybridized carbons (Fsp3) is 0.469. The van der Waals surface area contributed by atoms with Gasteiger partial charge in [0.25, 0.3) is 0 Å². The number of nitrogens with one attached hydrogen (secondary N) is 1. The van der Waals surface area contributed by atoms with Gasteiger partial charge in [0.2, 0.25) is 18.2 Å². The SMILES string of the molecule is CC1(C)CN(Cc2ccc(C3(C(F)F)CC3)cc2)CC[C@]1(O)c1ccc2ncc([C@@H]3CCC(=O)NC3=O)cc2c1F. The van der Waals surface area contributed by atoms with Crippen LogP contribution in [0, 0.1) is 11.2 Å². The number of fused-ring (bicyclic) bond motifs is 1. The number of alkyl halides is 2. The first-order valence-electron chi connectivity index (χ1n) is 14.2. The number of hydrogen-bond donors (Lipinski definition) is 2. The predicted molar refractivity (Wildman–Crippen MR) is 148 cm³/mol. The Morgan fingerprint density at radius 2 is 1.83 bits per heavy atom. The van der Waals surface area contributed by atoms with Gasteiger partial charge in [-0.2, -0.15) is 0 Å². The summed E-state index contributed by atoms with van der Waals surface area (Å²) in [6, 6.07) is 12.3. The summed E-state index contributed by atoms with van der Waals surface area (Å²) in [6.45, 7) is 5.46. The van der Waals surface area contributed by atoms with Gasteiger partial charge in [0.05, 0.1) is 22.5 Å². The number of pyridine rings is 1. The first kappa shape index (κ1) is 27.8. The second kappa shape index (κ2) is 9.91. The minimum absolute atomic E-state index is 0.197. The standard InChI is InChI=1S/C32H34F3N3O3/c1-30(2)18-38(17-19-3-5-21(6-4-19)31(11-12-31)29(34)35)14-13-32(30,41)24-8-9-25-23(27(24)33)15-20(16-36-25)22-7-10-26(39)37-28(22)40/h3-6,8-9,15-16,22,29,41H,7,10-14,17-18H2,1-2H3,(H,37,39,40)/t22-,32-/m0/s1. The van der Waals surface area contributed by atoms with Crippen molar-refractivity contribution in [1.29, 1.82) is 0 Å². The Morgan fingerprint density at radius 1 is 1.10 bits per heavy atom. The van der Waals surface area contributed by atoms with Crippen molar-refractivity contribution in [2.45, 2.75) is 75.9 Å². The molecule has 0 unspecified atom stereocenters. The molecule has 2 aliphatic heterocycles. The van der Waals surface area contributed by atoms with Crippen LogP contribution in [0.4, 0.5) is 13.2 Å². The van der Waals surface area contributed by atoms with Crippen LogP contribution in [0.15, 0.2) is 48.7 Å². The van der Waals surface area contributed by atoms with Crippen molar-refractivity contribution in [1.82, 2.24) is 15.2 Å². The van der Waals surface area contributed by atoms with Gasteiger partial charge in [0, 0.05) is 48.6 Å². The second-order valence-corrected chi connectivity index (χ2v) is 12.6. The third-order valence-electron chi connectivity index (χ3n) is 9.58. The van der Waals surface area contributed by atoms with E-state index in [4.69, 9.17) is 0 Å². The van der Waals surface area contributed by atoms with Crippen LogP contribution in [0.3, 0.4) is 0 Å². The molecule has 1 aliphatic carbocycles. The van der Waals surface area contributed by atoms with E-state index in [0.717, 1.165) is 5.56 Å². The molecule has 3 fully saturated rings. The highest BCUT2D eigenvalue weighted by Gasteiger charge is 2.52. The lowest BCUT2D eigenvalue weighted by molar-refractivity contribution is -0.134. The van der Waals surface area contributed by atoms with Gasteiger partial charge in [-0.3, -0.25) is 24.8 Å². The van der Waals surface area contributed by atoms with Gasteiger partial charge in [0.15, 0.2) is 0 Å². The lowest BCUT2D eigenvalue weighted by Crippen LogP contribution is -2.55. The number of piperidine rings is 2. The topological polar surface area (TPSA) is 82.5 Å². The number of nitrogens with zero attached hydrogens (tertiary/aromatic N) is 2. The molecule has 0 bridgehead atoms. The maximum Gasteiger partial charge on any atom is 0.248 e. The molecule has 2 amide bonds. The number of halogens is 3. The van der Waals surface area contributed by atoms with Gasteiger partial charge < -0.3 is 5.11 Å². The van der Waals surface area contributed by atoms with Gasteiger partial charge in [-0.1, -0.05) is 44.2 Å². The van der Waals surface area contributed by atoms with E-state index in [2.05, 4.69) is 15.2 Å². The van der Waals surface area contributed by atoms with Crippen LogP contribution >= 0.6 is 0 Å². The molecule has 1 saturated carbocycles. The number of amides is 2. The largest absolute Gasteiger partial charge is 0.384 e. The second-order valence-electron chi connectivity index (χ2n) is 12.6. The molecule has 2 saturated heterocycles. The maximum atomic E-state index is 16.2. The van der Waals surface area contributed by atoms with Crippen molar-refractivity contribution >= 4 is 22.7 Å². The van der Waals surface area contributed by atoms with Crippen LogP contribution in [-0.2, 0) is 27.1 Å². The third-order valence-corrected chi connectivity index (χ3v) is 9.58. The number of aromatic nitrogens is 1. The Hall–Kier alpha value is -3.30. The summed E-state index contributed by atoms with van der Waals surface area (Å²) >= 11 is 0. The van der Waals surface area contributed by atoms with Crippen molar-refractivity contribution in [3.8, 4) is 0 Å². The Balaban J connectivity index is 1.22. The summed E-state index contributed by atoms with van der Waals surface area (Å²) < 4.78 is 43.1. The molecule has 216 valence electrons. The van der Waals surface area contributed by atoms with Crippen molar-refractivity contribution < 1.29 is 27.9 Å². The molecule has 0 spiro atoms. The quantitative estimate of drug-likeness (QED) is 0.396. The molecule has 41 heavy (non-hydrogen) atoms. The summed E-state index contributed by atoms with van der Waals surface area (Å²) in [4.78, 5) is 30.5. The van der Waals surface area contributed by atoms with E-state index in [0.29, 0.717) is 62.0 Å². The van der Waals surface area contributed by atoms with Crippen LogP contribution in [0.1, 0.15) is 74.1 Å². The molecule has 3 aromatic rings. The average molecular weight is 566 g/mol. The van der Waals surface area contributed by atoms with Gasteiger partial charge in [-0.15, -0.1) is 0 Å². The first-order valence-corrected chi connectivity index (χ1v) is 14.2. The van der Waals surface area contributed by atoms with E-state index in [1.54, 1.807) is 24.4 Å². The summed E-state index contributed by atoms with van der Waals surface area (Å²) in [5, 5.41) is 14.6. The van der Waals surface area contributed by atoms with Crippen LogP contribution in [0.2, 0.25) is 0 Å². The zero-order chi connectivity index (χ0) is 29.2. The highest BCUT2D eigenvalue weighted by Crippen LogP contribution is 2.53. The summed E-state index contributed by atoms with van der Waals surface area (Å²) in [7, 11) is 0. The molecule has 6 rings (SSSR count). The van der Waals surface area contributed by atoms with Crippen LogP contribution in [0.25, 0.3) is 10.9 Å². The molecule has 6 nitrogen and oxygen atoms in total. The third kappa shape index (κ3) is 4.73. The van der Waals surface area contributed by atoms with Crippen molar-refractivity contribution in [2.24, 2.45) is 5.41 Å². The molecule has 1 aromatic heterocycles. The van der Waals surface area contributed by atoms with Gasteiger partial charge >= 0.3 is 0 Å². The summed E-state index contributed by atoms with van der Waals surface area (Å²) in [5.41, 5.74) is -0.312. The number of hydrogen-bond acceptors (Lipinski definition) is 5. The Kier molecular flexibility index (Phi) is 6.73. The van der Waals surface area contributed by atoms with E-state index in [1.165, 1.54) is 0 Å². The van der Waals surface area contributed by atoms with E-state index in [9.17, 15) is 23.5 Å². The predicted octanol–water partition coefficient (Wildman–Crippen LogP) is 5.31. The molecule has 9 heteroatoms. The van der Waals surface area contributed by atoms with E-state index >= 15 is 4.39 Å². The monoisotopic (exact) mass is 565 g/mol. The normalized spacial score (nSPS) is 25.9. The molecule has 3 heterocycles. The first-order chi connectivity index (χ1) is 19.4. The van der Waals surface area contributed by atoms with Gasteiger partial charge in [0.1, 0.15) is 5.82 Å². The maximum absolute atomic E-state index is 16.2. The number of carbonyl (C=O) groups excluding carboxylic acids is 2. The number of rotatable bonds is 6. The zero-order valence-corrected chi connectivity index (χ0v) is 23.2. The molecule has 2 N–H and O–H groups in total. The Labute approximate surface area is 236 Å². The van der Waals surface area contributed by atoms with Gasteiger partial charge in [-0.05, 0) is 54.5 Å². The van der Waals surface area contributed by atoms with E-state index in [1.807, 2.05) is 38.1 Å². The molecule has 3 aliphatic rings. The minimum atomic E-state index is -2.36. The van der Waals surface area contributed by atoms with E-state index in [-0.39, 0.29) is 23.3 Å². The summed E-state index contributed by atoms with van der Waals surface area (Å²) in [6.07, 6.45) is 1.07. The van der Waals surface area contributed by atoms with Crippen LogP contribution in [0.5, 0.6) is 0 Å². The van der Waals surface area contributed by atoms with Crippen LogP contribution < -0.4 is 5.32 Å². The lowest BCUT2D eigenvalue weighted by Gasteiger charge is -2.50. The lowest BCUT2D eigenvalue weighted by atomic mass is 9.66. The number of carbonyl (C=O) groups is 2. The highest BCUT2D eigenvalue weighted by atomic mass is 19.3. The number of imide groups is 1. The zero-order valence-electron chi connectivity index (χ0n) is 23.2. The van der Waals surface area contributed by atoms with E-state index < -0.39 is 40.5 Å². The van der Waals surface area contributed by atoms with Crippen molar-refractivity contribution in [3.63, 3.8) is 0 Å². The van der Waals surface area contributed by atoms with Gasteiger partial charge in [-0.25, -0.2) is 13.2 Å². The minimum Gasteiger partial charge on any atom is -0.384 e. The average Bonchev–Trinajstić information content (AvgIpc) is 3.74. The fourth-order valence-corrected chi connectivity index (χ4v) is 6.73. The number of likely N-dealkylation sites (tertiary alicyclic amines) is 1. The van der Waals surface area contributed by atoms with Crippen LogP contribution in [-0.4, -0.2) is 46.3 Å². The smallest absolute Gasteiger partial charge is 0.248 e. The Morgan fingerprint density at radius 3 is 2.46 bits per heavy atom. The summed E-state index contributed by atoms with van der Waals surface area (Å²) in [5.74, 6) is -1.88. The van der Waals surface area contributed by atoms with Crippen molar-refractivity contribution in [2.75, 3.05) is 13.1 Å². The molecule has 0 radical (unpaired) electrons. The number of aliphatic hydroxyl groups is 1. The van der Waals surface area contributed by atoms with Crippen molar-refractivity contribution in [3.05, 3.63) is 76.7 Å². The fourth-order valence-electron chi connectivity index (χ4n) is 6.73. The molecule has 2 atom stereocenters. The number of benzene rings is 2.